The molecule has 142 valence electrons. The Kier molecular flexibility index (Phi) is 4.60. The largest absolute Gasteiger partial charge is 0.454 e. The summed E-state index contributed by atoms with van der Waals surface area (Å²) in [6, 6.07) is 9.18. The Morgan fingerprint density at radius 1 is 1.18 bits per heavy atom. The molecular formula is C20H18ClN5O2. The van der Waals surface area contributed by atoms with Crippen molar-refractivity contribution in [2.24, 2.45) is 0 Å². The average Bonchev–Trinajstić information content (AvgIpc) is 3.23. The zero-order valence-corrected chi connectivity index (χ0v) is 16.4. The third-order valence-electron chi connectivity index (χ3n) is 4.33. The lowest BCUT2D eigenvalue weighted by Gasteiger charge is -2.08. The fourth-order valence-electron chi connectivity index (χ4n) is 3.04. The number of aryl methyl sites for hydroxylation is 3. The van der Waals surface area contributed by atoms with Crippen LogP contribution in [0.25, 0.3) is 11.5 Å². The van der Waals surface area contributed by atoms with Crippen LogP contribution in [0.1, 0.15) is 33.1 Å². The van der Waals surface area contributed by atoms with Crippen molar-refractivity contribution in [1.29, 1.82) is 0 Å². The predicted molar refractivity (Wildman–Crippen MR) is 105 cm³/mol. The minimum absolute atomic E-state index is 0.0299. The highest BCUT2D eigenvalue weighted by atomic mass is 35.5. The number of fused-ring (bicyclic) bond motifs is 1. The van der Waals surface area contributed by atoms with Gasteiger partial charge < -0.3 is 9.14 Å². The predicted octanol–water partition coefficient (Wildman–Crippen LogP) is 3.85. The number of halogens is 1. The van der Waals surface area contributed by atoms with Gasteiger partial charge in [-0.1, -0.05) is 17.7 Å². The molecule has 4 aromatic heterocycles. The highest BCUT2D eigenvalue weighted by Crippen LogP contribution is 2.19. The van der Waals surface area contributed by atoms with Gasteiger partial charge in [0, 0.05) is 18.1 Å². The number of imidazole rings is 1. The molecule has 4 rings (SSSR count). The normalized spacial score (nSPS) is 11.1. The Balaban J connectivity index is 1.56. The zero-order chi connectivity index (χ0) is 19.8. The van der Waals surface area contributed by atoms with Gasteiger partial charge in [-0.3, -0.25) is 0 Å². The maximum Gasteiger partial charge on any atom is 0.358 e. The average molecular weight is 396 g/mol. The lowest BCUT2D eigenvalue weighted by atomic mass is 10.3. The van der Waals surface area contributed by atoms with E-state index >= 15 is 0 Å². The highest BCUT2D eigenvalue weighted by Gasteiger charge is 2.17. The lowest BCUT2D eigenvalue weighted by Crippen LogP contribution is -2.11. The van der Waals surface area contributed by atoms with Gasteiger partial charge >= 0.3 is 5.97 Å². The Morgan fingerprint density at radius 2 is 2.00 bits per heavy atom. The summed E-state index contributed by atoms with van der Waals surface area (Å²) in [6.45, 7) is 5.82. The molecule has 4 aromatic rings. The van der Waals surface area contributed by atoms with Gasteiger partial charge in [-0.2, -0.15) is 5.10 Å². The van der Waals surface area contributed by atoms with Crippen LogP contribution < -0.4 is 0 Å². The molecule has 28 heavy (non-hydrogen) atoms. The fraction of sp³-hybridized carbons (Fsp3) is 0.200. The van der Waals surface area contributed by atoms with Crippen LogP contribution >= 0.6 is 11.6 Å². The summed E-state index contributed by atoms with van der Waals surface area (Å²) in [5.74, 6) is -0.104. The summed E-state index contributed by atoms with van der Waals surface area (Å²) in [4.78, 5) is 21.4. The summed E-state index contributed by atoms with van der Waals surface area (Å²) in [6.07, 6.45) is 3.73. The molecule has 0 aromatic carbocycles. The number of ether oxygens (including phenoxy) is 1. The first-order valence-electron chi connectivity index (χ1n) is 8.73. The first-order chi connectivity index (χ1) is 13.4. The van der Waals surface area contributed by atoms with Crippen molar-refractivity contribution in [3.63, 3.8) is 0 Å². The zero-order valence-electron chi connectivity index (χ0n) is 15.7. The summed E-state index contributed by atoms with van der Waals surface area (Å²) < 4.78 is 8.96. The van der Waals surface area contributed by atoms with Crippen molar-refractivity contribution >= 4 is 23.2 Å². The molecular weight excluding hydrogens is 378 g/mol. The summed E-state index contributed by atoms with van der Waals surface area (Å²) >= 11 is 6.18. The highest BCUT2D eigenvalue weighted by molar-refractivity contribution is 6.33. The standard InChI is InChI=1S/C20H18ClN5O2/c1-12-5-4-8-25-10-15(22-19(12)25)11-28-20(27)18-16(21)6-7-17(23-18)26-14(3)9-13(2)24-26/h4-10H,11H2,1-3H3. The van der Waals surface area contributed by atoms with Crippen LogP contribution in [-0.4, -0.2) is 30.1 Å². The summed E-state index contributed by atoms with van der Waals surface area (Å²) in [5.41, 5.74) is 4.34. The molecule has 0 atom stereocenters. The van der Waals surface area contributed by atoms with Crippen molar-refractivity contribution < 1.29 is 9.53 Å². The summed E-state index contributed by atoms with van der Waals surface area (Å²) in [7, 11) is 0. The second-order valence-corrected chi connectivity index (χ2v) is 6.98. The number of carbonyl (C=O) groups is 1. The number of hydrogen-bond donors (Lipinski definition) is 0. The topological polar surface area (TPSA) is 74.3 Å². The molecule has 0 bridgehead atoms. The van der Waals surface area contributed by atoms with Gasteiger partial charge in [0.05, 0.1) is 16.4 Å². The number of nitrogens with zero attached hydrogens (tertiary/aromatic N) is 5. The van der Waals surface area contributed by atoms with Gasteiger partial charge in [-0.05, 0) is 50.6 Å². The minimum atomic E-state index is -0.609. The Morgan fingerprint density at radius 3 is 2.71 bits per heavy atom. The van der Waals surface area contributed by atoms with E-state index in [1.807, 2.05) is 55.8 Å². The molecule has 0 amide bonds. The van der Waals surface area contributed by atoms with Gasteiger partial charge in [0.15, 0.2) is 11.5 Å². The third kappa shape index (κ3) is 3.36. The molecule has 0 saturated heterocycles. The van der Waals surface area contributed by atoms with E-state index in [1.165, 1.54) is 0 Å². The smallest absolute Gasteiger partial charge is 0.358 e. The van der Waals surface area contributed by atoms with Crippen LogP contribution in [-0.2, 0) is 11.3 Å². The van der Waals surface area contributed by atoms with E-state index < -0.39 is 5.97 Å². The van der Waals surface area contributed by atoms with Gasteiger partial charge in [-0.25, -0.2) is 19.4 Å². The second kappa shape index (κ2) is 7.09. The van der Waals surface area contributed by atoms with Crippen LogP contribution in [0.4, 0.5) is 0 Å². The molecule has 0 N–H and O–H groups in total. The molecule has 0 unspecified atom stereocenters. The number of pyridine rings is 2. The monoisotopic (exact) mass is 395 g/mol. The molecule has 0 aliphatic heterocycles. The molecule has 0 spiro atoms. The van der Waals surface area contributed by atoms with Crippen LogP contribution in [0.2, 0.25) is 5.02 Å². The van der Waals surface area contributed by atoms with Crippen molar-refractivity contribution in [3.8, 4) is 5.82 Å². The SMILES string of the molecule is Cc1cc(C)n(-c2ccc(Cl)c(C(=O)OCc3cn4cccc(C)c4n3)n2)n1. The van der Waals surface area contributed by atoms with Gasteiger partial charge in [0.2, 0.25) is 0 Å². The van der Waals surface area contributed by atoms with Crippen molar-refractivity contribution in [2.75, 3.05) is 0 Å². The molecule has 0 aliphatic rings. The number of rotatable bonds is 4. The van der Waals surface area contributed by atoms with E-state index in [4.69, 9.17) is 16.3 Å². The lowest BCUT2D eigenvalue weighted by molar-refractivity contribution is 0.0461. The fourth-order valence-corrected chi connectivity index (χ4v) is 3.22. The van der Waals surface area contributed by atoms with Crippen LogP contribution in [0.3, 0.4) is 0 Å². The number of esters is 1. The van der Waals surface area contributed by atoms with E-state index in [2.05, 4.69) is 15.1 Å². The van der Waals surface area contributed by atoms with E-state index in [1.54, 1.807) is 16.8 Å². The number of carbonyl (C=O) groups excluding carboxylic acids is 1. The first kappa shape index (κ1) is 18.2. The van der Waals surface area contributed by atoms with Gasteiger partial charge in [-0.15, -0.1) is 0 Å². The van der Waals surface area contributed by atoms with Crippen LogP contribution in [0.5, 0.6) is 0 Å². The first-order valence-corrected chi connectivity index (χ1v) is 9.10. The third-order valence-corrected chi connectivity index (χ3v) is 4.64. The summed E-state index contributed by atoms with van der Waals surface area (Å²) in [5, 5.41) is 4.61. The Labute approximate surface area is 166 Å². The molecule has 4 heterocycles. The van der Waals surface area contributed by atoms with E-state index in [0.717, 1.165) is 22.6 Å². The maximum atomic E-state index is 12.6. The molecule has 0 fully saturated rings. The van der Waals surface area contributed by atoms with E-state index in [9.17, 15) is 4.79 Å². The molecule has 7 nitrogen and oxygen atoms in total. The van der Waals surface area contributed by atoms with Crippen molar-refractivity contribution in [2.45, 2.75) is 27.4 Å². The molecule has 0 saturated carbocycles. The van der Waals surface area contributed by atoms with Crippen molar-refractivity contribution in [3.05, 3.63) is 76.1 Å². The minimum Gasteiger partial charge on any atom is -0.454 e. The number of aromatic nitrogens is 5. The Hall–Kier alpha value is -3.19. The van der Waals surface area contributed by atoms with E-state index in [0.29, 0.717) is 11.5 Å². The van der Waals surface area contributed by atoms with E-state index in [-0.39, 0.29) is 17.3 Å². The number of hydrogen-bond acceptors (Lipinski definition) is 5. The van der Waals surface area contributed by atoms with Crippen molar-refractivity contribution in [1.82, 2.24) is 24.1 Å². The molecule has 0 radical (unpaired) electrons. The maximum absolute atomic E-state index is 12.6. The molecule has 0 aliphatic carbocycles. The van der Waals surface area contributed by atoms with Gasteiger partial charge in [0.1, 0.15) is 12.3 Å². The molecule has 8 heteroatoms. The Bertz CT molecular complexity index is 1190. The second-order valence-electron chi connectivity index (χ2n) is 6.57. The van der Waals surface area contributed by atoms with Crippen LogP contribution in [0.15, 0.2) is 42.7 Å². The van der Waals surface area contributed by atoms with Gasteiger partial charge in [0.25, 0.3) is 0 Å². The quantitative estimate of drug-likeness (QED) is 0.490. The van der Waals surface area contributed by atoms with Crippen LogP contribution in [0, 0.1) is 20.8 Å².